The number of rotatable bonds is 5. The maximum absolute atomic E-state index is 12.1. The summed E-state index contributed by atoms with van der Waals surface area (Å²) in [7, 11) is 2.86. The van der Waals surface area contributed by atoms with E-state index in [-0.39, 0.29) is 28.4 Å². The second-order valence-electron chi connectivity index (χ2n) is 6.39. The number of hydrazone groups is 1. The van der Waals surface area contributed by atoms with Gasteiger partial charge in [0.1, 0.15) is 0 Å². The van der Waals surface area contributed by atoms with Crippen LogP contribution in [-0.2, 0) is 5.41 Å². The molecule has 0 spiro atoms. The highest BCUT2D eigenvalue weighted by Gasteiger charge is 2.19. The molecule has 8 nitrogen and oxygen atoms in total. The fourth-order valence-electron chi connectivity index (χ4n) is 2.03. The predicted molar refractivity (Wildman–Crippen MR) is 93.6 cm³/mol. The molecule has 134 valence electrons. The van der Waals surface area contributed by atoms with Gasteiger partial charge in [0, 0.05) is 16.7 Å². The molecule has 0 fully saturated rings. The lowest BCUT2D eigenvalue weighted by Crippen LogP contribution is -2.18. The van der Waals surface area contributed by atoms with Gasteiger partial charge in [-0.2, -0.15) is 10.2 Å². The SMILES string of the molecule is COc1cc(C=NNC(=O)c2cc(C(C)(C)C)[nH]n2)cc(OC)c1O. The third kappa shape index (κ3) is 4.28. The largest absolute Gasteiger partial charge is 0.502 e. The normalized spacial score (nSPS) is 11.6. The smallest absolute Gasteiger partial charge is 0.291 e. The second-order valence-corrected chi connectivity index (χ2v) is 6.39. The summed E-state index contributed by atoms with van der Waals surface area (Å²) in [6.07, 6.45) is 1.42. The highest BCUT2D eigenvalue weighted by molar-refractivity contribution is 5.93. The summed E-state index contributed by atoms with van der Waals surface area (Å²) in [6.45, 7) is 6.06. The first-order valence-electron chi connectivity index (χ1n) is 7.60. The van der Waals surface area contributed by atoms with E-state index in [2.05, 4.69) is 20.7 Å². The van der Waals surface area contributed by atoms with Crippen molar-refractivity contribution >= 4 is 12.1 Å². The molecule has 1 aromatic heterocycles. The van der Waals surface area contributed by atoms with Crippen molar-refractivity contribution in [3.63, 3.8) is 0 Å². The zero-order valence-corrected chi connectivity index (χ0v) is 14.9. The van der Waals surface area contributed by atoms with Crippen molar-refractivity contribution in [3.8, 4) is 17.2 Å². The number of nitrogens with one attached hydrogen (secondary N) is 2. The zero-order valence-electron chi connectivity index (χ0n) is 14.9. The maximum Gasteiger partial charge on any atom is 0.291 e. The first-order valence-corrected chi connectivity index (χ1v) is 7.60. The molecule has 2 rings (SSSR count). The van der Waals surface area contributed by atoms with Crippen LogP contribution in [0.2, 0.25) is 0 Å². The van der Waals surface area contributed by atoms with Crippen molar-refractivity contribution in [1.82, 2.24) is 15.6 Å². The number of ether oxygens (including phenoxy) is 2. The first-order chi connectivity index (χ1) is 11.8. The Bertz CT molecular complexity index is 765. The summed E-state index contributed by atoms with van der Waals surface area (Å²) in [5, 5.41) is 20.6. The standard InChI is InChI=1S/C17H22N4O4/c1-17(2,3)14-8-11(19-20-14)16(23)21-18-9-10-6-12(24-4)15(22)13(7-10)25-5/h6-9,22H,1-5H3,(H,19,20)(H,21,23). The highest BCUT2D eigenvalue weighted by atomic mass is 16.5. The quantitative estimate of drug-likeness (QED) is 0.568. The Kier molecular flexibility index (Phi) is 5.31. The second kappa shape index (κ2) is 7.25. The van der Waals surface area contributed by atoms with Crippen LogP contribution in [0.5, 0.6) is 17.2 Å². The molecule has 1 amide bonds. The number of aromatic amines is 1. The summed E-state index contributed by atoms with van der Waals surface area (Å²) in [5.74, 6) is -0.0402. The molecule has 0 aliphatic rings. The summed E-state index contributed by atoms with van der Waals surface area (Å²) >= 11 is 0. The van der Waals surface area contributed by atoms with Gasteiger partial charge in [-0.25, -0.2) is 5.43 Å². The van der Waals surface area contributed by atoms with Crippen LogP contribution in [-0.4, -0.2) is 41.6 Å². The minimum Gasteiger partial charge on any atom is -0.502 e. The van der Waals surface area contributed by atoms with E-state index in [0.717, 1.165) is 5.69 Å². The Morgan fingerprint density at radius 1 is 1.24 bits per heavy atom. The van der Waals surface area contributed by atoms with Gasteiger partial charge < -0.3 is 14.6 Å². The van der Waals surface area contributed by atoms with Crippen LogP contribution in [0.4, 0.5) is 0 Å². The molecule has 0 saturated carbocycles. The monoisotopic (exact) mass is 346 g/mol. The zero-order chi connectivity index (χ0) is 18.6. The van der Waals surface area contributed by atoms with Crippen molar-refractivity contribution in [2.24, 2.45) is 5.10 Å². The summed E-state index contributed by atoms with van der Waals surface area (Å²) in [6, 6.07) is 4.83. The minimum atomic E-state index is -0.430. The van der Waals surface area contributed by atoms with E-state index in [0.29, 0.717) is 5.56 Å². The Hall–Kier alpha value is -3.03. The third-order valence-corrected chi connectivity index (χ3v) is 3.50. The lowest BCUT2D eigenvalue weighted by Gasteiger charge is -2.14. The van der Waals surface area contributed by atoms with Crippen LogP contribution < -0.4 is 14.9 Å². The first kappa shape index (κ1) is 18.3. The van der Waals surface area contributed by atoms with Crippen LogP contribution >= 0.6 is 0 Å². The maximum atomic E-state index is 12.1. The molecule has 1 aromatic carbocycles. The predicted octanol–water partition coefficient (Wildman–Crippen LogP) is 2.19. The minimum absolute atomic E-state index is 0.0996. The molecule has 0 aliphatic heterocycles. The molecular weight excluding hydrogens is 324 g/mol. The van der Waals surface area contributed by atoms with Gasteiger partial charge in [0.25, 0.3) is 5.91 Å². The number of hydrogen-bond donors (Lipinski definition) is 3. The summed E-state index contributed by atoms with van der Waals surface area (Å²) < 4.78 is 10.1. The van der Waals surface area contributed by atoms with Crippen LogP contribution in [0.25, 0.3) is 0 Å². The van der Waals surface area contributed by atoms with Crippen LogP contribution in [0.15, 0.2) is 23.3 Å². The number of benzene rings is 1. The van der Waals surface area contributed by atoms with Gasteiger partial charge >= 0.3 is 0 Å². The Labute approximate surface area is 145 Å². The molecule has 0 aliphatic carbocycles. The van der Waals surface area contributed by atoms with Crippen molar-refractivity contribution in [2.75, 3.05) is 14.2 Å². The van der Waals surface area contributed by atoms with Crippen LogP contribution in [0.3, 0.4) is 0 Å². The average molecular weight is 346 g/mol. The van der Waals surface area contributed by atoms with E-state index in [1.807, 2.05) is 20.8 Å². The summed E-state index contributed by atoms with van der Waals surface area (Å²) in [5.41, 5.74) is 3.97. The third-order valence-electron chi connectivity index (χ3n) is 3.50. The number of aromatic hydroxyl groups is 1. The average Bonchev–Trinajstić information content (AvgIpc) is 3.06. The van der Waals surface area contributed by atoms with Crippen molar-refractivity contribution in [1.29, 1.82) is 0 Å². The Morgan fingerprint density at radius 3 is 2.32 bits per heavy atom. The van der Waals surface area contributed by atoms with E-state index in [1.54, 1.807) is 18.2 Å². The van der Waals surface area contributed by atoms with Gasteiger partial charge in [-0.1, -0.05) is 20.8 Å². The number of carbonyl (C=O) groups is 1. The lowest BCUT2D eigenvalue weighted by atomic mass is 9.92. The van der Waals surface area contributed by atoms with E-state index in [9.17, 15) is 9.90 Å². The van der Waals surface area contributed by atoms with Gasteiger partial charge in [0.15, 0.2) is 17.2 Å². The number of phenolic OH excluding ortho intramolecular Hbond substituents is 1. The number of aromatic nitrogens is 2. The molecule has 0 bridgehead atoms. The number of hydrogen-bond acceptors (Lipinski definition) is 6. The highest BCUT2D eigenvalue weighted by Crippen LogP contribution is 2.36. The molecule has 0 atom stereocenters. The van der Waals surface area contributed by atoms with Crippen molar-refractivity contribution < 1.29 is 19.4 Å². The van der Waals surface area contributed by atoms with Crippen molar-refractivity contribution in [3.05, 3.63) is 35.2 Å². The number of phenols is 1. The lowest BCUT2D eigenvalue weighted by molar-refractivity contribution is 0.0950. The number of carbonyl (C=O) groups excluding carboxylic acids is 1. The molecular formula is C17H22N4O4. The Balaban J connectivity index is 2.10. The van der Waals surface area contributed by atoms with Gasteiger partial charge in [-0.05, 0) is 18.2 Å². The molecule has 0 radical (unpaired) electrons. The topological polar surface area (TPSA) is 109 Å². The molecule has 0 unspecified atom stereocenters. The number of methoxy groups -OCH3 is 2. The van der Waals surface area contributed by atoms with Crippen LogP contribution in [0, 0.1) is 0 Å². The number of H-pyrrole nitrogens is 1. The van der Waals surface area contributed by atoms with Gasteiger partial charge in [-0.15, -0.1) is 0 Å². The fourth-order valence-corrected chi connectivity index (χ4v) is 2.03. The van der Waals surface area contributed by atoms with Gasteiger partial charge in [0.2, 0.25) is 5.75 Å². The molecule has 2 aromatic rings. The molecule has 8 heteroatoms. The fraction of sp³-hybridized carbons (Fsp3) is 0.353. The van der Waals surface area contributed by atoms with E-state index in [1.165, 1.54) is 20.4 Å². The van der Waals surface area contributed by atoms with Crippen molar-refractivity contribution in [2.45, 2.75) is 26.2 Å². The van der Waals surface area contributed by atoms with E-state index >= 15 is 0 Å². The van der Waals surface area contributed by atoms with E-state index in [4.69, 9.17) is 9.47 Å². The molecule has 1 heterocycles. The van der Waals surface area contributed by atoms with Crippen LogP contribution in [0.1, 0.15) is 42.5 Å². The van der Waals surface area contributed by atoms with E-state index < -0.39 is 5.91 Å². The van der Waals surface area contributed by atoms with Gasteiger partial charge in [-0.3, -0.25) is 9.89 Å². The molecule has 3 N–H and O–H groups in total. The molecule has 0 saturated heterocycles. The van der Waals surface area contributed by atoms with Gasteiger partial charge in [0.05, 0.1) is 20.4 Å². The Morgan fingerprint density at radius 2 is 1.84 bits per heavy atom. The number of amides is 1. The number of nitrogens with zero attached hydrogens (tertiary/aromatic N) is 2. The summed E-state index contributed by atoms with van der Waals surface area (Å²) in [4.78, 5) is 12.1. The molecule has 25 heavy (non-hydrogen) atoms.